The Kier molecular flexibility index (Phi) is 3.09. The fourth-order valence-corrected chi connectivity index (χ4v) is 1.45. The predicted octanol–water partition coefficient (Wildman–Crippen LogP) is 1.64. The molecule has 0 atom stereocenters. The van der Waals surface area contributed by atoms with Gasteiger partial charge in [0.25, 0.3) is 5.91 Å². The Morgan fingerprint density at radius 3 is 2.82 bits per heavy atom. The second kappa shape index (κ2) is 4.69. The number of halogens is 1. The zero-order valence-corrected chi connectivity index (χ0v) is 9.14. The molecule has 2 aromatic rings. The first-order valence-corrected chi connectivity index (χ1v) is 5.02. The summed E-state index contributed by atoms with van der Waals surface area (Å²) in [5.74, 6) is -0.701. The Morgan fingerprint density at radius 2 is 2.18 bits per heavy atom. The van der Waals surface area contributed by atoms with Crippen LogP contribution in [0.15, 0.2) is 36.5 Å². The van der Waals surface area contributed by atoms with Crippen LogP contribution in [-0.4, -0.2) is 23.2 Å². The minimum atomic E-state index is -0.432. The van der Waals surface area contributed by atoms with Crippen molar-refractivity contribution in [3.05, 3.63) is 47.9 Å². The van der Waals surface area contributed by atoms with Crippen molar-refractivity contribution >= 4 is 5.91 Å². The number of nitrogens with one attached hydrogen (secondary N) is 1. The van der Waals surface area contributed by atoms with E-state index in [0.29, 0.717) is 11.3 Å². The Bertz CT molecular complexity index is 543. The lowest BCUT2D eigenvalue weighted by Gasteiger charge is -2.04. The van der Waals surface area contributed by atoms with E-state index >= 15 is 0 Å². The quantitative estimate of drug-likeness (QED) is 0.854. The van der Waals surface area contributed by atoms with E-state index in [0.717, 1.165) is 0 Å². The van der Waals surface area contributed by atoms with Crippen molar-refractivity contribution < 1.29 is 9.18 Å². The molecule has 0 aliphatic heterocycles. The lowest BCUT2D eigenvalue weighted by atomic mass is 10.1. The summed E-state index contributed by atoms with van der Waals surface area (Å²) in [5, 5.41) is 9.98. The molecule has 1 aromatic carbocycles. The number of carbonyl (C=O) groups excluding carboxylic acids is 1. The third-order valence-corrected chi connectivity index (χ3v) is 2.30. The highest BCUT2D eigenvalue weighted by Gasteiger charge is 2.10. The highest BCUT2D eigenvalue weighted by atomic mass is 19.1. The molecule has 0 spiro atoms. The maximum Gasteiger partial charge on any atom is 0.251 e. The molecule has 5 heteroatoms. The van der Waals surface area contributed by atoms with Gasteiger partial charge in [-0.2, -0.15) is 10.2 Å². The second-order valence-electron chi connectivity index (χ2n) is 3.38. The smallest absolute Gasteiger partial charge is 0.251 e. The van der Waals surface area contributed by atoms with Gasteiger partial charge in [0.1, 0.15) is 5.82 Å². The van der Waals surface area contributed by atoms with Gasteiger partial charge in [0.2, 0.25) is 0 Å². The molecular formula is C12H10FN3O. The molecule has 0 radical (unpaired) electrons. The molecule has 0 saturated heterocycles. The fourth-order valence-electron chi connectivity index (χ4n) is 1.45. The van der Waals surface area contributed by atoms with E-state index in [9.17, 15) is 9.18 Å². The van der Waals surface area contributed by atoms with Crippen LogP contribution in [0.2, 0.25) is 0 Å². The zero-order valence-electron chi connectivity index (χ0n) is 9.14. The molecule has 1 N–H and O–H groups in total. The minimum absolute atomic E-state index is 0.263. The van der Waals surface area contributed by atoms with Crippen LogP contribution in [0.1, 0.15) is 10.4 Å². The summed E-state index contributed by atoms with van der Waals surface area (Å²) >= 11 is 0. The summed E-state index contributed by atoms with van der Waals surface area (Å²) in [6, 6.07) is 7.42. The van der Waals surface area contributed by atoms with Crippen molar-refractivity contribution in [1.29, 1.82) is 0 Å². The number of carbonyl (C=O) groups is 1. The Hall–Kier alpha value is -2.30. The Balaban J connectivity index is 2.50. The van der Waals surface area contributed by atoms with E-state index in [4.69, 9.17) is 0 Å². The number of aromatic nitrogens is 2. The predicted molar refractivity (Wildman–Crippen MR) is 60.8 cm³/mol. The summed E-state index contributed by atoms with van der Waals surface area (Å²) < 4.78 is 13.6. The molecule has 1 aromatic heterocycles. The molecule has 2 rings (SSSR count). The van der Waals surface area contributed by atoms with Crippen LogP contribution < -0.4 is 5.32 Å². The van der Waals surface area contributed by atoms with Crippen molar-refractivity contribution in [2.45, 2.75) is 0 Å². The molecule has 0 bridgehead atoms. The molecule has 0 aliphatic carbocycles. The number of amides is 1. The number of benzene rings is 1. The van der Waals surface area contributed by atoms with E-state index in [1.165, 1.54) is 31.4 Å². The minimum Gasteiger partial charge on any atom is -0.355 e. The van der Waals surface area contributed by atoms with Gasteiger partial charge in [-0.1, -0.05) is 0 Å². The number of rotatable bonds is 2. The van der Waals surface area contributed by atoms with E-state index in [1.54, 1.807) is 12.1 Å². The maximum atomic E-state index is 13.6. The first kappa shape index (κ1) is 11.2. The number of hydrogen-bond acceptors (Lipinski definition) is 3. The highest BCUT2D eigenvalue weighted by Crippen LogP contribution is 2.21. The van der Waals surface area contributed by atoms with E-state index in [-0.39, 0.29) is 11.5 Å². The molecular weight excluding hydrogens is 221 g/mol. The summed E-state index contributed by atoms with van der Waals surface area (Å²) in [5.41, 5.74) is 1.05. The second-order valence-corrected chi connectivity index (χ2v) is 3.38. The average Bonchev–Trinajstić information content (AvgIpc) is 2.39. The summed E-state index contributed by atoms with van der Waals surface area (Å²) in [6.07, 6.45) is 1.50. The molecule has 86 valence electrons. The van der Waals surface area contributed by atoms with Gasteiger partial charge in [0.05, 0.1) is 5.69 Å². The summed E-state index contributed by atoms with van der Waals surface area (Å²) in [4.78, 5) is 11.4. The average molecular weight is 231 g/mol. The van der Waals surface area contributed by atoms with Gasteiger partial charge < -0.3 is 5.32 Å². The van der Waals surface area contributed by atoms with Gasteiger partial charge in [-0.05, 0) is 30.3 Å². The molecule has 1 amide bonds. The third-order valence-electron chi connectivity index (χ3n) is 2.30. The standard InChI is InChI=1S/C12H10FN3O/c1-14-12(17)8-4-5-10(13)9(7-8)11-3-2-6-15-16-11/h2-7H,1H3,(H,14,17). The Labute approximate surface area is 97.5 Å². The van der Waals surface area contributed by atoms with Crippen LogP contribution in [0.5, 0.6) is 0 Å². The van der Waals surface area contributed by atoms with E-state index in [2.05, 4.69) is 15.5 Å². The van der Waals surface area contributed by atoms with Crippen LogP contribution in [-0.2, 0) is 0 Å². The molecule has 1 heterocycles. The van der Waals surface area contributed by atoms with Crippen molar-refractivity contribution in [2.75, 3.05) is 7.05 Å². The third kappa shape index (κ3) is 2.28. The highest BCUT2D eigenvalue weighted by molar-refractivity contribution is 5.95. The molecule has 0 unspecified atom stereocenters. The van der Waals surface area contributed by atoms with Crippen LogP contribution in [0.3, 0.4) is 0 Å². The van der Waals surface area contributed by atoms with Gasteiger partial charge in [-0.25, -0.2) is 4.39 Å². The molecule has 0 fully saturated rings. The molecule has 0 aliphatic rings. The first-order valence-electron chi connectivity index (χ1n) is 5.02. The SMILES string of the molecule is CNC(=O)c1ccc(F)c(-c2cccnn2)c1. The van der Waals surface area contributed by atoms with Gasteiger partial charge >= 0.3 is 0 Å². The van der Waals surface area contributed by atoms with Gasteiger partial charge in [-0.3, -0.25) is 4.79 Å². The van der Waals surface area contributed by atoms with Crippen LogP contribution in [0, 0.1) is 5.82 Å². The molecule has 0 saturated carbocycles. The topological polar surface area (TPSA) is 54.9 Å². The molecule has 17 heavy (non-hydrogen) atoms. The van der Waals surface area contributed by atoms with Gasteiger partial charge in [0, 0.05) is 24.4 Å². The van der Waals surface area contributed by atoms with Gasteiger partial charge in [0.15, 0.2) is 0 Å². The number of nitrogens with zero attached hydrogens (tertiary/aromatic N) is 2. The van der Waals surface area contributed by atoms with Gasteiger partial charge in [-0.15, -0.1) is 0 Å². The van der Waals surface area contributed by atoms with Crippen LogP contribution in [0.4, 0.5) is 4.39 Å². The zero-order chi connectivity index (χ0) is 12.3. The summed E-state index contributed by atoms with van der Waals surface area (Å²) in [7, 11) is 1.52. The first-order chi connectivity index (χ1) is 8.22. The monoisotopic (exact) mass is 231 g/mol. The van der Waals surface area contributed by atoms with Crippen molar-refractivity contribution in [3.8, 4) is 11.3 Å². The lowest BCUT2D eigenvalue weighted by Crippen LogP contribution is -2.17. The fraction of sp³-hybridized carbons (Fsp3) is 0.0833. The normalized spacial score (nSPS) is 10.0. The summed E-state index contributed by atoms with van der Waals surface area (Å²) in [6.45, 7) is 0. The Morgan fingerprint density at radius 1 is 1.35 bits per heavy atom. The van der Waals surface area contributed by atoms with E-state index in [1.807, 2.05) is 0 Å². The van der Waals surface area contributed by atoms with Crippen LogP contribution in [0.25, 0.3) is 11.3 Å². The maximum absolute atomic E-state index is 13.6. The van der Waals surface area contributed by atoms with Crippen molar-refractivity contribution in [2.24, 2.45) is 0 Å². The number of hydrogen-bond donors (Lipinski definition) is 1. The lowest BCUT2D eigenvalue weighted by molar-refractivity contribution is 0.0963. The van der Waals surface area contributed by atoms with Crippen molar-refractivity contribution in [1.82, 2.24) is 15.5 Å². The molecule has 4 nitrogen and oxygen atoms in total. The largest absolute Gasteiger partial charge is 0.355 e. The van der Waals surface area contributed by atoms with E-state index < -0.39 is 5.82 Å². The van der Waals surface area contributed by atoms with Crippen molar-refractivity contribution in [3.63, 3.8) is 0 Å². The van der Waals surface area contributed by atoms with Crippen LogP contribution >= 0.6 is 0 Å².